The van der Waals surface area contributed by atoms with E-state index in [4.69, 9.17) is 9.84 Å². The molecule has 3 nitrogen and oxygen atoms in total. The SMILES string of the molecule is CC(OCCC12CC3CC(CC(C3)C1)C2)C(=O)O. The average molecular weight is 252 g/mol. The molecule has 0 spiro atoms. The average Bonchev–Trinajstić information content (AvgIpc) is 2.26. The standard InChI is InChI=1S/C15H24O3/c1-10(14(16)17)18-3-2-15-7-11-4-12(8-15)6-13(5-11)9-15/h10-13H,2-9H2,1H3,(H,16,17). The molecule has 0 heterocycles. The molecule has 4 bridgehead atoms. The Morgan fingerprint density at radius 3 is 2.17 bits per heavy atom. The van der Waals surface area contributed by atoms with E-state index in [1.54, 1.807) is 6.92 Å². The van der Waals surface area contributed by atoms with Crippen LogP contribution in [0.1, 0.15) is 51.9 Å². The van der Waals surface area contributed by atoms with E-state index in [1.165, 1.54) is 38.5 Å². The highest BCUT2D eigenvalue weighted by atomic mass is 16.5. The number of carboxylic acid groups (broad SMARTS) is 1. The second kappa shape index (κ2) is 4.52. The molecule has 102 valence electrons. The Morgan fingerprint density at radius 2 is 1.72 bits per heavy atom. The quantitative estimate of drug-likeness (QED) is 0.818. The van der Waals surface area contributed by atoms with Gasteiger partial charge >= 0.3 is 5.97 Å². The van der Waals surface area contributed by atoms with Gasteiger partial charge in [-0.05, 0) is 75.0 Å². The Hall–Kier alpha value is -0.570. The number of rotatable bonds is 5. The number of carbonyl (C=O) groups is 1. The van der Waals surface area contributed by atoms with Gasteiger partial charge in [0.1, 0.15) is 0 Å². The van der Waals surface area contributed by atoms with E-state index in [-0.39, 0.29) is 0 Å². The highest BCUT2D eigenvalue weighted by molar-refractivity contribution is 5.71. The molecule has 4 fully saturated rings. The van der Waals surface area contributed by atoms with Gasteiger partial charge in [0.25, 0.3) is 0 Å². The van der Waals surface area contributed by atoms with Crippen LogP contribution in [0.5, 0.6) is 0 Å². The van der Waals surface area contributed by atoms with Crippen molar-refractivity contribution < 1.29 is 14.6 Å². The number of hydrogen-bond donors (Lipinski definition) is 1. The first-order chi connectivity index (χ1) is 8.56. The van der Waals surface area contributed by atoms with E-state index < -0.39 is 12.1 Å². The Morgan fingerprint density at radius 1 is 1.22 bits per heavy atom. The molecular formula is C15H24O3. The van der Waals surface area contributed by atoms with Crippen molar-refractivity contribution in [2.24, 2.45) is 23.2 Å². The summed E-state index contributed by atoms with van der Waals surface area (Å²) in [4.78, 5) is 10.7. The molecule has 18 heavy (non-hydrogen) atoms. The zero-order valence-corrected chi connectivity index (χ0v) is 11.2. The number of ether oxygens (including phenoxy) is 1. The van der Waals surface area contributed by atoms with Gasteiger partial charge in [-0.3, -0.25) is 0 Å². The van der Waals surface area contributed by atoms with Gasteiger partial charge < -0.3 is 9.84 Å². The van der Waals surface area contributed by atoms with Crippen molar-refractivity contribution in [3.05, 3.63) is 0 Å². The monoisotopic (exact) mass is 252 g/mol. The molecule has 0 saturated heterocycles. The summed E-state index contributed by atoms with van der Waals surface area (Å²) in [5.74, 6) is 2.05. The first-order valence-electron chi connectivity index (χ1n) is 7.41. The fraction of sp³-hybridized carbons (Fsp3) is 0.933. The van der Waals surface area contributed by atoms with Crippen LogP contribution in [0, 0.1) is 23.2 Å². The molecule has 0 amide bonds. The topological polar surface area (TPSA) is 46.5 Å². The van der Waals surface area contributed by atoms with Crippen molar-refractivity contribution in [3.8, 4) is 0 Å². The van der Waals surface area contributed by atoms with Gasteiger partial charge in [0.2, 0.25) is 0 Å². The molecule has 4 saturated carbocycles. The molecule has 1 atom stereocenters. The van der Waals surface area contributed by atoms with E-state index in [0.29, 0.717) is 12.0 Å². The summed E-state index contributed by atoms with van der Waals surface area (Å²) in [6.45, 7) is 2.25. The fourth-order valence-corrected chi connectivity index (χ4v) is 5.12. The number of hydrogen-bond acceptors (Lipinski definition) is 2. The third-order valence-corrected chi connectivity index (χ3v) is 5.51. The molecule has 4 aliphatic rings. The van der Waals surface area contributed by atoms with Gasteiger partial charge in [-0.15, -0.1) is 0 Å². The molecule has 0 aliphatic heterocycles. The van der Waals surface area contributed by atoms with Gasteiger partial charge in [0.05, 0.1) is 0 Å². The first kappa shape index (κ1) is 12.5. The van der Waals surface area contributed by atoms with Crippen molar-refractivity contribution in [1.29, 1.82) is 0 Å². The molecular weight excluding hydrogens is 228 g/mol. The Bertz CT molecular complexity index is 301. The van der Waals surface area contributed by atoms with Crippen LogP contribution < -0.4 is 0 Å². The molecule has 1 unspecified atom stereocenters. The summed E-state index contributed by atoms with van der Waals surface area (Å²) in [5, 5.41) is 8.82. The smallest absolute Gasteiger partial charge is 0.332 e. The van der Waals surface area contributed by atoms with Crippen molar-refractivity contribution in [2.75, 3.05) is 6.61 Å². The Labute approximate surface area is 109 Å². The molecule has 3 heteroatoms. The second-order valence-electron chi connectivity index (χ2n) is 7.02. The summed E-state index contributed by atoms with van der Waals surface area (Å²) in [6.07, 6.45) is 8.95. The molecule has 1 N–H and O–H groups in total. The van der Waals surface area contributed by atoms with E-state index in [9.17, 15) is 4.79 Å². The summed E-state index contributed by atoms with van der Waals surface area (Å²) in [6, 6.07) is 0. The summed E-state index contributed by atoms with van der Waals surface area (Å²) in [7, 11) is 0. The predicted molar refractivity (Wildman–Crippen MR) is 68.3 cm³/mol. The summed E-state index contributed by atoms with van der Waals surface area (Å²) < 4.78 is 5.44. The zero-order chi connectivity index (χ0) is 12.8. The fourth-order valence-electron chi connectivity index (χ4n) is 5.12. The van der Waals surface area contributed by atoms with Crippen LogP contribution in [0.3, 0.4) is 0 Å². The molecule has 0 aromatic rings. The Balaban J connectivity index is 1.54. The maximum absolute atomic E-state index is 10.7. The van der Waals surface area contributed by atoms with Gasteiger partial charge in [-0.2, -0.15) is 0 Å². The minimum Gasteiger partial charge on any atom is -0.479 e. The predicted octanol–water partition coefficient (Wildman–Crippen LogP) is 3.08. The lowest BCUT2D eigenvalue weighted by Gasteiger charge is -2.57. The lowest BCUT2D eigenvalue weighted by Crippen LogP contribution is -2.46. The van der Waals surface area contributed by atoms with Crippen LogP contribution >= 0.6 is 0 Å². The van der Waals surface area contributed by atoms with Crippen molar-refractivity contribution in [3.63, 3.8) is 0 Å². The first-order valence-corrected chi connectivity index (χ1v) is 7.41. The molecule has 4 rings (SSSR count). The third kappa shape index (κ3) is 2.29. The van der Waals surface area contributed by atoms with Crippen LogP contribution in [-0.4, -0.2) is 23.8 Å². The zero-order valence-electron chi connectivity index (χ0n) is 11.2. The molecule has 4 aliphatic carbocycles. The van der Waals surface area contributed by atoms with Crippen molar-refractivity contribution in [1.82, 2.24) is 0 Å². The lowest BCUT2D eigenvalue weighted by atomic mass is 9.49. The van der Waals surface area contributed by atoms with Crippen molar-refractivity contribution in [2.45, 2.75) is 58.0 Å². The van der Waals surface area contributed by atoms with Crippen LogP contribution in [0.2, 0.25) is 0 Å². The highest BCUT2D eigenvalue weighted by Gasteiger charge is 2.50. The van der Waals surface area contributed by atoms with Crippen LogP contribution in [0.15, 0.2) is 0 Å². The molecule has 0 aromatic heterocycles. The van der Waals surface area contributed by atoms with Crippen LogP contribution in [-0.2, 0) is 9.53 Å². The van der Waals surface area contributed by atoms with Gasteiger partial charge in [-0.1, -0.05) is 0 Å². The third-order valence-electron chi connectivity index (χ3n) is 5.51. The normalized spacial score (nSPS) is 43.1. The van der Waals surface area contributed by atoms with E-state index >= 15 is 0 Å². The van der Waals surface area contributed by atoms with Gasteiger partial charge in [-0.25, -0.2) is 4.79 Å². The maximum Gasteiger partial charge on any atom is 0.332 e. The number of aliphatic carboxylic acids is 1. The summed E-state index contributed by atoms with van der Waals surface area (Å²) in [5.41, 5.74) is 0.507. The van der Waals surface area contributed by atoms with Gasteiger partial charge in [0.15, 0.2) is 6.10 Å². The molecule has 0 aromatic carbocycles. The van der Waals surface area contributed by atoms with E-state index in [0.717, 1.165) is 24.2 Å². The van der Waals surface area contributed by atoms with E-state index in [2.05, 4.69) is 0 Å². The second-order valence-corrected chi connectivity index (χ2v) is 7.02. The van der Waals surface area contributed by atoms with Gasteiger partial charge in [0, 0.05) is 6.61 Å². The van der Waals surface area contributed by atoms with Crippen molar-refractivity contribution >= 4 is 5.97 Å². The number of carboxylic acids is 1. The Kier molecular flexibility index (Phi) is 3.13. The van der Waals surface area contributed by atoms with E-state index in [1.807, 2.05) is 0 Å². The highest BCUT2D eigenvalue weighted by Crippen LogP contribution is 2.61. The minimum atomic E-state index is -0.847. The minimum absolute atomic E-state index is 0.507. The maximum atomic E-state index is 10.7. The largest absolute Gasteiger partial charge is 0.479 e. The summed E-state index contributed by atoms with van der Waals surface area (Å²) >= 11 is 0. The van der Waals surface area contributed by atoms with Crippen LogP contribution in [0.4, 0.5) is 0 Å². The molecule has 0 radical (unpaired) electrons. The van der Waals surface area contributed by atoms with Crippen LogP contribution in [0.25, 0.3) is 0 Å². The lowest BCUT2D eigenvalue weighted by molar-refractivity contribution is -0.150.